The number of methoxy groups -OCH3 is 2. The predicted molar refractivity (Wildman–Crippen MR) is 167 cm³/mol. The smallest absolute Gasteiger partial charge is 0.312 e. The van der Waals surface area contributed by atoms with Crippen molar-refractivity contribution in [3.63, 3.8) is 0 Å². The predicted octanol–water partition coefficient (Wildman–Crippen LogP) is 6.59. The number of aliphatic hydroxyl groups is 1. The number of allylic oxidation sites excluding steroid dienone is 1. The van der Waals surface area contributed by atoms with Crippen molar-refractivity contribution >= 4 is 5.97 Å². The minimum absolute atomic E-state index is 0.0588. The molecule has 0 bridgehead atoms. The highest BCUT2D eigenvalue weighted by molar-refractivity contribution is 5.75. The zero-order chi connectivity index (χ0) is 31.0. The number of hydrogen-bond donors (Lipinski definition) is 1. The number of benzene rings is 2. The highest BCUT2D eigenvalue weighted by Crippen LogP contribution is 2.41. The van der Waals surface area contributed by atoms with Gasteiger partial charge in [-0.1, -0.05) is 60.2 Å². The number of esters is 1. The van der Waals surface area contributed by atoms with Gasteiger partial charge in [-0.25, -0.2) is 0 Å². The van der Waals surface area contributed by atoms with Crippen LogP contribution in [0.15, 0.2) is 84.5 Å². The van der Waals surface area contributed by atoms with Crippen molar-refractivity contribution in [1.29, 1.82) is 0 Å². The molecule has 1 aliphatic carbocycles. The van der Waals surface area contributed by atoms with Gasteiger partial charge in [0.15, 0.2) is 0 Å². The van der Waals surface area contributed by atoms with Crippen molar-refractivity contribution in [2.45, 2.75) is 71.1 Å². The van der Waals surface area contributed by atoms with E-state index in [2.05, 4.69) is 19.6 Å². The maximum Gasteiger partial charge on any atom is 0.312 e. The number of carbonyl (C=O) groups excluding carboxylic acids is 1. The van der Waals surface area contributed by atoms with Gasteiger partial charge in [0.05, 0.1) is 57.8 Å². The zero-order valence-corrected chi connectivity index (χ0v) is 26.1. The molecule has 2 aliphatic rings. The molecular weight excluding hydrogens is 544 g/mol. The summed E-state index contributed by atoms with van der Waals surface area (Å²) in [6.07, 6.45) is 6.70. The summed E-state index contributed by atoms with van der Waals surface area (Å²) in [5, 5.41) is 11.3. The molecule has 1 fully saturated rings. The summed E-state index contributed by atoms with van der Waals surface area (Å²) in [4.78, 5) is 13.1. The van der Waals surface area contributed by atoms with E-state index in [-0.39, 0.29) is 30.5 Å². The Hall–Kier alpha value is -3.39. The van der Waals surface area contributed by atoms with E-state index in [9.17, 15) is 9.90 Å². The van der Waals surface area contributed by atoms with Gasteiger partial charge in [-0.05, 0) is 81.3 Å². The van der Waals surface area contributed by atoms with Gasteiger partial charge in [0.1, 0.15) is 11.5 Å². The maximum absolute atomic E-state index is 13.1. The normalized spacial score (nSPS) is 25.0. The Bertz CT molecular complexity index is 1280. The Morgan fingerprint density at radius 1 is 1.02 bits per heavy atom. The number of cyclic esters (lactones) is 1. The van der Waals surface area contributed by atoms with Crippen LogP contribution in [-0.4, -0.2) is 49.7 Å². The monoisotopic (exact) mass is 590 g/mol. The molecule has 1 aliphatic heterocycles. The number of fused-ring (bicyclic) bond motifs is 1. The molecule has 1 heterocycles. The van der Waals surface area contributed by atoms with Gasteiger partial charge in [0, 0.05) is 5.92 Å². The standard InChI is InChI=1S/C36H46O7/c1-24-7-16-31-32(25(2)20-30(19-24)41-21-26-8-12-28(39-5)13-9-26)23-42-35(38)34(31)33(37)17-18-36(3,4)43-22-27-10-14-29(40-6)15-11-27/h8-15,17-19,30-34,37H,2,7,16,20-23H2,1,3-6H3/b18-17+,24-19-/t30-,31-,32-,33+,34-/m0/s1. The Balaban J connectivity index is 1.41. The molecule has 43 heavy (non-hydrogen) atoms. The van der Waals surface area contributed by atoms with Crippen LogP contribution in [0.1, 0.15) is 51.2 Å². The van der Waals surface area contributed by atoms with Crippen LogP contribution in [-0.2, 0) is 32.2 Å². The fourth-order valence-electron chi connectivity index (χ4n) is 5.80. The van der Waals surface area contributed by atoms with Crippen LogP contribution in [0.3, 0.4) is 0 Å². The molecule has 0 amide bonds. The largest absolute Gasteiger partial charge is 0.497 e. The van der Waals surface area contributed by atoms with E-state index in [1.165, 1.54) is 5.57 Å². The summed E-state index contributed by atoms with van der Waals surface area (Å²) < 4.78 is 28.6. The van der Waals surface area contributed by atoms with Crippen molar-refractivity contribution in [2.75, 3.05) is 20.8 Å². The Morgan fingerprint density at radius 3 is 2.23 bits per heavy atom. The third kappa shape index (κ3) is 9.05. The molecule has 0 spiro atoms. The van der Waals surface area contributed by atoms with Gasteiger partial charge in [-0.3, -0.25) is 4.79 Å². The zero-order valence-electron chi connectivity index (χ0n) is 26.1. The van der Waals surface area contributed by atoms with Crippen LogP contribution in [0.4, 0.5) is 0 Å². The first kappa shape index (κ1) is 32.5. The van der Waals surface area contributed by atoms with Crippen molar-refractivity contribution in [3.8, 4) is 11.5 Å². The molecule has 4 rings (SSSR count). The lowest BCUT2D eigenvalue weighted by Crippen LogP contribution is -2.45. The summed E-state index contributed by atoms with van der Waals surface area (Å²) in [7, 11) is 3.29. The number of hydrogen-bond acceptors (Lipinski definition) is 7. The molecule has 2 aromatic carbocycles. The van der Waals surface area contributed by atoms with E-state index in [0.717, 1.165) is 41.0 Å². The summed E-state index contributed by atoms with van der Waals surface area (Å²) in [6, 6.07) is 15.6. The molecule has 1 saturated heterocycles. The lowest BCUT2D eigenvalue weighted by Gasteiger charge is -2.39. The molecule has 2 aromatic rings. The topological polar surface area (TPSA) is 83.5 Å². The van der Waals surface area contributed by atoms with Gasteiger partial charge >= 0.3 is 5.97 Å². The van der Waals surface area contributed by atoms with E-state index in [1.807, 2.05) is 68.5 Å². The SMILES string of the molecule is C=C1C[C@@H](OCc2ccc(OC)cc2)/C=C(/C)CC[C@@H]2[C@@H]([C@H](O)/C=C/C(C)(C)OCc3ccc(OC)cc3)C(=O)OC[C@@H]12. The molecule has 5 atom stereocenters. The maximum atomic E-state index is 13.1. The first-order valence-electron chi connectivity index (χ1n) is 15.0. The highest BCUT2D eigenvalue weighted by atomic mass is 16.5. The van der Waals surface area contributed by atoms with Crippen molar-refractivity contribution in [2.24, 2.45) is 17.8 Å². The molecule has 7 heteroatoms. The van der Waals surface area contributed by atoms with E-state index >= 15 is 0 Å². The van der Waals surface area contributed by atoms with Crippen LogP contribution < -0.4 is 9.47 Å². The second kappa shape index (κ2) is 14.9. The summed E-state index contributed by atoms with van der Waals surface area (Å²) in [6.45, 7) is 11.5. The third-order valence-electron chi connectivity index (χ3n) is 8.44. The van der Waals surface area contributed by atoms with E-state index in [1.54, 1.807) is 20.3 Å². The van der Waals surface area contributed by atoms with E-state index in [4.69, 9.17) is 23.7 Å². The van der Waals surface area contributed by atoms with Gasteiger partial charge < -0.3 is 28.8 Å². The summed E-state index contributed by atoms with van der Waals surface area (Å²) in [5.74, 6) is 0.393. The van der Waals surface area contributed by atoms with Crippen molar-refractivity contribution in [1.82, 2.24) is 0 Å². The van der Waals surface area contributed by atoms with E-state index < -0.39 is 17.6 Å². The van der Waals surface area contributed by atoms with Crippen molar-refractivity contribution in [3.05, 3.63) is 95.6 Å². The van der Waals surface area contributed by atoms with Crippen molar-refractivity contribution < 1.29 is 33.6 Å². The average molecular weight is 591 g/mol. The molecule has 0 radical (unpaired) electrons. The van der Waals surface area contributed by atoms with Crippen LogP contribution >= 0.6 is 0 Å². The fraction of sp³-hybridized carbons (Fsp3) is 0.472. The Kier molecular flexibility index (Phi) is 11.2. The molecule has 7 nitrogen and oxygen atoms in total. The minimum atomic E-state index is -1.01. The summed E-state index contributed by atoms with van der Waals surface area (Å²) >= 11 is 0. The second-order valence-corrected chi connectivity index (χ2v) is 12.1. The van der Waals surface area contributed by atoms with Gasteiger partial charge in [0.2, 0.25) is 0 Å². The van der Waals surface area contributed by atoms with Gasteiger partial charge in [0.25, 0.3) is 0 Å². The van der Waals surface area contributed by atoms with Crippen LogP contribution in [0.2, 0.25) is 0 Å². The van der Waals surface area contributed by atoms with Crippen LogP contribution in [0.25, 0.3) is 0 Å². The number of ether oxygens (including phenoxy) is 5. The fourth-order valence-corrected chi connectivity index (χ4v) is 5.80. The quantitative estimate of drug-likeness (QED) is 0.233. The number of rotatable bonds is 11. The lowest BCUT2D eigenvalue weighted by atomic mass is 9.71. The van der Waals surface area contributed by atoms with Crippen LogP contribution in [0.5, 0.6) is 11.5 Å². The molecular formula is C36H46O7. The molecule has 0 unspecified atom stereocenters. The molecule has 232 valence electrons. The van der Waals surface area contributed by atoms with Gasteiger partial charge in [-0.2, -0.15) is 0 Å². The minimum Gasteiger partial charge on any atom is -0.497 e. The number of aliphatic hydroxyl groups excluding tert-OH is 1. The average Bonchev–Trinajstić information content (AvgIpc) is 3.06. The Morgan fingerprint density at radius 2 is 1.63 bits per heavy atom. The van der Waals surface area contributed by atoms with Crippen LogP contribution in [0, 0.1) is 17.8 Å². The second-order valence-electron chi connectivity index (χ2n) is 12.1. The Labute approximate surface area is 256 Å². The first-order chi connectivity index (χ1) is 20.6. The van der Waals surface area contributed by atoms with Gasteiger partial charge in [-0.15, -0.1) is 0 Å². The molecule has 1 N–H and O–H groups in total. The summed E-state index contributed by atoms with van der Waals surface area (Å²) in [5.41, 5.74) is 3.60. The first-order valence-corrected chi connectivity index (χ1v) is 15.0. The third-order valence-corrected chi connectivity index (χ3v) is 8.44. The molecule has 0 aromatic heterocycles. The van der Waals surface area contributed by atoms with E-state index in [0.29, 0.717) is 19.6 Å². The molecule has 0 saturated carbocycles. The lowest BCUT2D eigenvalue weighted by molar-refractivity contribution is -0.165. The highest BCUT2D eigenvalue weighted by Gasteiger charge is 2.44. The number of carbonyl (C=O) groups is 1.